The molecule has 5 rings (SSSR count). The first-order chi connectivity index (χ1) is 18.4. The van der Waals surface area contributed by atoms with Crippen LogP contribution < -0.4 is 21.1 Å². The number of urea groups is 1. The van der Waals surface area contributed by atoms with Gasteiger partial charge in [0, 0.05) is 41.2 Å². The third kappa shape index (κ3) is 5.19. The summed E-state index contributed by atoms with van der Waals surface area (Å²) >= 11 is 0. The number of pyridine rings is 1. The number of benzene rings is 2. The summed E-state index contributed by atoms with van der Waals surface area (Å²) in [7, 11) is 0. The average molecular weight is 512 g/mol. The van der Waals surface area contributed by atoms with Gasteiger partial charge in [-0.15, -0.1) is 5.10 Å². The van der Waals surface area contributed by atoms with Gasteiger partial charge in [0.25, 0.3) is 5.91 Å². The highest BCUT2D eigenvalue weighted by Crippen LogP contribution is 2.28. The number of benzodiazepines with no additional fused rings is 1. The van der Waals surface area contributed by atoms with Crippen LogP contribution >= 0.6 is 0 Å². The summed E-state index contributed by atoms with van der Waals surface area (Å²) in [5, 5.41) is 19.2. The van der Waals surface area contributed by atoms with Gasteiger partial charge in [0.2, 0.25) is 11.7 Å². The highest BCUT2D eigenvalue weighted by Gasteiger charge is 2.33. The Morgan fingerprint density at radius 1 is 1.05 bits per heavy atom. The highest BCUT2D eigenvalue weighted by atomic mass is 16.2. The average Bonchev–Trinajstić information content (AvgIpc) is 3.42. The molecule has 0 unspecified atom stereocenters. The van der Waals surface area contributed by atoms with Crippen LogP contribution in [0.3, 0.4) is 0 Å². The number of nitrogens with zero attached hydrogens (tertiary/aromatic N) is 5. The van der Waals surface area contributed by atoms with Crippen LogP contribution in [0.4, 0.5) is 16.2 Å². The summed E-state index contributed by atoms with van der Waals surface area (Å²) in [5.41, 5.74) is 3.37. The minimum Gasteiger partial charge on any atom is -0.328 e. The molecule has 38 heavy (non-hydrogen) atoms. The number of tetrazole rings is 1. The Balaban J connectivity index is 1.49. The third-order valence-electron chi connectivity index (χ3n) is 5.82. The van der Waals surface area contributed by atoms with Crippen molar-refractivity contribution >= 4 is 29.0 Å². The number of hydrogen-bond acceptors (Lipinski definition) is 7. The van der Waals surface area contributed by atoms with Crippen molar-refractivity contribution in [3.8, 4) is 11.4 Å². The van der Waals surface area contributed by atoms with Gasteiger partial charge in [-0.1, -0.05) is 44.2 Å². The van der Waals surface area contributed by atoms with Crippen molar-refractivity contribution in [1.29, 1.82) is 0 Å². The second kappa shape index (κ2) is 10.5. The van der Waals surface area contributed by atoms with Gasteiger partial charge in [0.05, 0.1) is 11.4 Å². The number of hydrogen-bond donors (Lipinski definition) is 4. The van der Waals surface area contributed by atoms with E-state index in [1.807, 2.05) is 38.1 Å². The molecule has 2 aromatic carbocycles. The lowest BCUT2D eigenvalue weighted by molar-refractivity contribution is -0.120. The fraction of sp³-hybridized carbons (Fsp3) is 0.192. The van der Waals surface area contributed by atoms with E-state index in [4.69, 9.17) is 4.99 Å². The lowest BCUT2D eigenvalue weighted by atomic mass is 10.0. The van der Waals surface area contributed by atoms with Crippen molar-refractivity contribution in [3.05, 3.63) is 88.3 Å². The maximum Gasteiger partial charge on any atom is 0.321 e. The van der Waals surface area contributed by atoms with Gasteiger partial charge < -0.3 is 20.5 Å². The van der Waals surface area contributed by atoms with Crippen molar-refractivity contribution in [1.82, 2.24) is 30.9 Å². The third-order valence-corrected chi connectivity index (χ3v) is 5.82. The molecule has 0 bridgehead atoms. The number of carbonyl (C=O) groups excluding carboxylic acids is 2. The molecular formula is C26H25N9O3. The first-order valence-electron chi connectivity index (χ1n) is 12.0. The van der Waals surface area contributed by atoms with Crippen LogP contribution in [0.2, 0.25) is 0 Å². The molecule has 0 saturated heterocycles. The maximum absolute atomic E-state index is 13.8. The van der Waals surface area contributed by atoms with E-state index in [-0.39, 0.29) is 17.4 Å². The number of aliphatic imine (C=N–C) groups is 1. The molecule has 0 radical (unpaired) electrons. The highest BCUT2D eigenvalue weighted by molar-refractivity contribution is 6.20. The maximum atomic E-state index is 13.8. The van der Waals surface area contributed by atoms with Crippen molar-refractivity contribution in [2.24, 2.45) is 10.9 Å². The van der Waals surface area contributed by atoms with E-state index < -0.39 is 12.2 Å². The predicted molar refractivity (Wildman–Crippen MR) is 142 cm³/mol. The molecule has 12 nitrogen and oxygen atoms in total. The molecule has 4 aromatic rings. The van der Waals surface area contributed by atoms with E-state index in [1.54, 1.807) is 41.4 Å². The van der Waals surface area contributed by atoms with Crippen molar-refractivity contribution < 1.29 is 9.59 Å². The minimum atomic E-state index is -1.22. The zero-order chi connectivity index (χ0) is 26.6. The van der Waals surface area contributed by atoms with Gasteiger partial charge in [-0.2, -0.15) is 0 Å². The smallest absolute Gasteiger partial charge is 0.321 e. The van der Waals surface area contributed by atoms with Crippen LogP contribution in [0.15, 0.2) is 76.6 Å². The largest absolute Gasteiger partial charge is 0.328 e. The molecule has 0 spiro atoms. The summed E-state index contributed by atoms with van der Waals surface area (Å²) in [5.74, 6) is 0.233. The van der Waals surface area contributed by atoms with Crippen molar-refractivity contribution in [2.75, 3.05) is 16.8 Å². The molecule has 1 atom stereocenters. The van der Waals surface area contributed by atoms with Gasteiger partial charge in [0.15, 0.2) is 5.82 Å². The van der Waals surface area contributed by atoms with Crippen LogP contribution in [0.1, 0.15) is 25.0 Å². The van der Waals surface area contributed by atoms with E-state index in [2.05, 4.69) is 36.2 Å². The quantitative estimate of drug-likeness (QED) is 0.311. The summed E-state index contributed by atoms with van der Waals surface area (Å²) in [6.07, 6.45) is 0.325. The van der Waals surface area contributed by atoms with Crippen LogP contribution in [0.25, 0.3) is 11.4 Å². The van der Waals surface area contributed by atoms with E-state index in [0.717, 1.165) is 0 Å². The fourth-order valence-corrected chi connectivity index (χ4v) is 4.18. The van der Waals surface area contributed by atoms with Crippen molar-refractivity contribution in [3.63, 3.8) is 0 Å². The zero-order valence-electron chi connectivity index (χ0n) is 20.7. The summed E-state index contributed by atoms with van der Waals surface area (Å²) in [6.45, 7) is 4.45. The van der Waals surface area contributed by atoms with Gasteiger partial charge in [-0.25, -0.2) is 14.9 Å². The first-order valence-corrected chi connectivity index (χ1v) is 12.0. The molecule has 3 heterocycles. The SMILES string of the molecule is CC(C)CN1C(=O)[C@H](NC(=O)Nc2cccc(-c3nnn[nH]3)c2)N=C(c2ccc(=O)[nH]c2)c2ccccc21. The van der Waals surface area contributed by atoms with Gasteiger partial charge in [-0.05, 0) is 40.6 Å². The molecule has 12 heteroatoms. The normalized spacial score (nSPS) is 15.0. The molecule has 192 valence electrons. The Bertz CT molecular complexity index is 1540. The van der Waals surface area contributed by atoms with E-state index in [0.29, 0.717) is 46.1 Å². The minimum absolute atomic E-state index is 0.157. The summed E-state index contributed by atoms with van der Waals surface area (Å²) in [6, 6.07) is 16.8. The van der Waals surface area contributed by atoms with E-state index in [1.165, 1.54) is 6.07 Å². The molecule has 0 aliphatic carbocycles. The molecule has 0 fully saturated rings. The Hall–Kier alpha value is -5.13. The van der Waals surface area contributed by atoms with Crippen molar-refractivity contribution in [2.45, 2.75) is 20.0 Å². The Morgan fingerprint density at radius 2 is 1.89 bits per heavy atom. The number of anilines is 2. The number of rotatable bonds is 6. The number of amides is 3. The number of fused-ring (bicyclic) bond motifs is 1. The number of para-hydroxylation sites is 1. The zero-order valence-corrected chi connectivity index (χ0v) is 20.7. The van der Waals surface area contributed by atoms with E-state index in [9.17, 15) is 14.4 Å². The Morgan fingerprint density at radius 3 is 2.63 bits per heavy atom. The molecule has 1 aliphatic rings. The van der Waals surface area contributed by atoms with Gasteiger partial charge in [-0.3, -0.25) is 9.59 Å². The summed E-state index contributed by atoms with van der Waals surface area (Å²) < 4.78 is 0. The van der Waals surface area contributed by atoms with Crippen LogP contribution in [-0.4, -0.2) is 56.0 Å². The number of nitrogens with one attached hydrogen (secondary N) is 4. The molecule has 4 N–H and O–H groups in total. The monoisotopic (exact) mass is 511 g/mol. The second-order valence-electron chi connectivity index (χ2n) is 9.11. The Kier molecular flexibility index (Phi) is 6.76. The van der Waals surface area contributed by atoms with Gasteiger partial charge in [0.1, 0.15) is 0 Å². The molecule has 0 saturated carbocycles. The number of carbonyl (C=O) groups is 2. The number of aromatic nitrogens is 5. The lowest BCUT2D eigenvalue weighted by Gasteiger charge is -2.27. The number of aromatic amines is 2. The van der Waals surface area contributed by atoms with E-state index >= 15 is 0 Å². The second-order valence-corrected chi connectivity index (χ2v) is 9.11. The Labute approximate surface area is 217 Å². The topological polar surface area (TPSA) is 161 Å². The molecule has 3 amide bonds. The number of H-pyrrole nitrogens is 2. The molecule has 1 aliphatic heterocycles. The molecular weight excluding hydrogens is 486 g/mol. The van der Waals surface area contributed by atoms with Crippen LogP contribution in [0, 0.1) is 5.92 Å². The fourth-order valence-electron chi connectivity index (χ4n) is 4.18. The van der Waals surface area contributed by atoms with Gasteiger partial charge >= 0.3 is 6.03 Å². The standard InChI is InChI=1S/C26H25N9O3/c1-15(2)14-35-20-9-4-3-8-19(20)22(17-10-11-21(36)27-13-17)29-24(25(35)37)30-26(38)28-18-7-5-6-16(12-18)23-31-33-34-32-23/h3-13,15,24H,14H2,1-2H3,(H,27,36)(H2,28,30,38)(H,31,32,33,34)/t24-/m0/s1. The summed E-state index contributed by atoms with van der Waals surface area (Å²) in [4.78, 5) is 47.5. The van der Waals surface area contributed by atoms with Crippen LogP contribution in [-0.2, 0) is 4.79 Å². The van der Waals surface area contributed by atoms with Crippen LogP contribution in [0.5, 0.6) is 0 Å². The first kappa shape index (κ1) is 24.6. The predicted octanol–water partition coefficient (Wildman–Crippen LogP) is 2.54. The lowest BCUT2D eigenvalue weighted by Crippen LogP contribution is -2.49. The molecule has 2 aromatic heterocycles.